The van der Waals surface area contributed by atoms with Crippen molar-refractivity contribution in [1.82, 2.24) is 10.2 Å². The Morgan fingerprint density at radius 1 is 1.27 bits per heavy atom. The molecule has 0 radical (unpaired) electrons. The predicted molar refractivity (Wildman–Crippen MR) is 82.3 cm³/mol. The van der Waals surface area contributed by atoms with E-state index >= 15 is 0 Å². The fourth-order valence-corrected chi connectivity index (χ4v) is 3.17. The van der Waals surface area contributed by atoms with Crippen molar-refractivity contribution in [1.29, 1.82) is 0 Å². The molecule has 5 nitrogen and oxygen atoms in total. The van der Waals surface area contributed by atoms with Crippen LogP contribution in [0.4, 0.5) is 0 Å². The van der Waals surface area contributed by atoms with Crippen molar-refractivity contribution in [2.24, 2.45) is 5.92 Å². The van der Waals surface area contributed by atoms with Crippen molar-refractivity contribution < 1.29 is 14.0 Å². The zero-order valence-electron chi connectivity index (χ0n) is 12.7. The standard InChI is InChI=1S/C17H22N2O3/c20-16(12-13-4-1-2-5-13)18-14-7-9-19(10-8-14)17(21)15-6-3-11-22-15/h1,3-4,6,11,13-14H,2,5,7-10,12H2,(H,18,20). The summed E-state index contributed by atoms with van der Waals surface area (Å²) in [6, 6.07) is 3.58. The summed E-state index contributed by atoms with van der Waals surface area (Å²) in [6.07, 6.45) is 10.2. The first-order valence-corrected chi connectivity index (χ1v) is 8.01. The molecule has 5 heteroatoms. The Morgan fingerprint density at radius 3 is 2.73 bits per heavy atom. The molecule has 0 bridgehead atoms. The number of hydrogen-bond donors (Lipinski definition) is 1. The van der Waals surface area contributed by atoms with Crippen LogP contribution in [-0.2, 0) is 4.79 Å². The first-order chi connectivity index (χ1) is 10.7. The van der Waals surface area contributed by atoms with Gasteiger partial charge in [-0.3, -0.25) is 9.59 Å². The van der Waals surface area contributed by atoms with E-state index in [0.29, 0.717) is 31.2 Å². The zero-order chi connectivity index (χ0) is 15.4. The predicted octanol–water partition coefficient (Wildman–Crippen LogP) is 2.36. The molecular formula is C17H22N2O3. The summed E-state index contributed by atoms with van der Waals surface area (Å²) in [5.74, 6) is 0.856. The van der Waals surface area contributed by atoms with Crippen LogP contribution in [0.25, 0.3) is 0 Å². The largest absolute Gasteiger partial charge is 0.459 e. The van der Waals surface area contributed by atoms with Crippen LogP contribution in [0, 0.1) is 5.92 Å². The number of likely N-dealkylation sites (tertiary alicyclic amines) is 1. The number of allylic oxidation sites excluding steroid dienone is 2. The number of piperidine rings is 1. The van der Waals surface area contributed by atoms with Gasteiger partial charge in [-0.15, -0.1) is 0 Å². The normalized spacial score (nSPS) is 22.0. The third-order valence-corrected chi connectivity index (χ3v) is 4.44. The molecule has 1 saturated heterocycles. The van der Waals surface area contributed by atoms with E-state index in [1.165, 1.54) is 6.26 Å². The van der Waals surface area contributed by atoms with Crippen LogP contribution in [0.2, 0.25) is 0 Å². The number of amides is 2. The van der Waals surface area contributed by atoms with Gasteiger partial charge in [-0.05, 0) is 43.7 Å². The average Bonchev–Trinajstić information content (AvgIpc) is 3.20. The number of carbonyl (C=O) groups excluding carboxylic acids is 2. The second-order valence-electron chi connectivity index (χ2n) is 6.08. The van der Waals surface area contributed by atoms with E-state index < -0.39 is 0 Å². The van der Waals surface area contributed by atoms with Crippen LogP contribution in [0.1, 0.15) is 42.7 Å². The minimum absolute atomic E-state index is 0.0640. The summed E-state index contributed by atoms with van der Waals surface area (Å²) in [6.45, 7) is 1.32. The molecule has 22 heavy (non-hydrogen) atoms. The summed E-state index contributed by atoms with van der Waals surface area (Å²) in [7, 11) is 0. The molecule has 1 aromatic rings. The highest BCUT2D eigenvalue weighted by Crippen LogP contribution is 2.21. The number of nitrogens with one attached hydrogen (secondary N) is 1. The van der Waals surface area contributed by atoms with Gasteiger partial charge in [-0.25, -0.2) is 0 Å². The second kappa shape index (κ2) is 6.81. The van der Waals surface area contributed by atoms with Crippen LogP contribution >= 0.6 is 0 Å². The van der Waals surface area contributed by atoms with Crippen LogP contribution in [0.3, 0.4) is 0 Å². The fourth-order valence-electron chi connectivity index (χ4n) is 3.17. The second-order valence-corrected chi connectivity index (χ2v) is 6.08. The molecule has 3 rings (SSSR count). The zero-order valence-corrected chi connectivity index (χ0v) is 12.7. The number of hydrogen-bond acceptors (Lipinski definition) is 3. The third kappa shape index (κ3) is 3.59. The Hall–Kier alpha value is -2.04. The lowest BCUT2D eigenvalue weighted by molar-refractivity contribution is -0.122. The molecule has 1 aromatic heterocycles. The minimum atomic E-state index is -0.0640. The molecular weight excluding hydrogens is 280 g/mol. The molecule has 1 aliphatic heterocycles. The van der Waals surface area contributed by atoms with E-state index in [4.69, 9.17) is 4.42 Å². The van der Waals surface area contributed by atoms with E-state index in [-0.39, 0.29) is 17.9 Å². The van der Waals surface area contributed by atoms with Crippen molar-refractivity contribution in [3.05, 3.63) is 36.3 Å². The number of carbonyl (C=O) groups is 2. The van der Waals surface area contributed by atoms with Gasteiger partial charge in [0.2, 0.25) is 5.91 Å². The summed E-state index contributed by atoms with van der Waals surface area (Å²) >= 11 is 0. The lowest BCUT2D eigenvalue weighted by atomic mass is 10.0. The molecule has 1 N–H and O–H groups in total. The third-order valence-electron chi connectivity index (χ3n) is 4.44. The van der Waals surface area contributed by atoms with Gasteiger partial charge in [0.05, 0.1) is 6.26 Å². The van der Waals surface area contributed by atoms with Gasteiger partial charge in [-0.1, -0.05) is 12.2 Å². The Labute approximate surface area is 130 Å². The highest BCUT2D eigenvalue weighted by atomic mass is 16.3. The van der Waals surface area contributed by atoms with Crippen LogP contribution in [0.5, 0.6) is 0 Å². The van der Waals surface area contributed by atoms with Gasteiger partial charge in [-0.2, -0.15) is 0 Å². The monoisotopic (exact) mass is 302 g/mol. The molecule has 1 fully saturated rings. The van der Waals surface area contributed by atoms with Gasteiger partial charge in [0, 0.05) is 25.6 Å². The number of nitrogens with zero attached hydrogens (tertiary/aromatic N) is 1. The summed E-state index contributed by atoms with van der Waals surface area (Å²) < 4.78 is 5.15. The van der Waals surface area contributed by atoms with E-state index in [9.17, 15) is 9.59 Å². The van der Waals surface area contributed by atoms with Crippen molar-refractivity contribution in [2.75, 3.05) is 13.1 Å². The van der Waals surface area contributed by atoms with Crippen molar-refractivity contribution in [2.45, 2.75) is 38.1 Å². The highest BCUT2D eigenvalue weighted by molar-refractivity contribution is 5.91. The van der Waals surface area contributed by atoms with E-state index in [1.54, 1.807) is 17.0 Å². The molecule has 0 spiro atoms. The summed E-state index contributed by atoms with van der Waals surface area (Å²) in [4.78, 5) is 26.0. The quantitative estimate of drug-likeness (QED) is 0.868. The SMILES string of the molecule is O=C(CC1C=CCC1)NC1CCN(C(=O)c2ccco2)CC1. The van der Waals surface area contributed by atoms with E-state index in [1.807, 2.05) is 0 Å². The smallest absolute Gasteiger partial charge is 0.289 e. The molecule has 1 unspecified atom stereocenters. The summed E-state index contributed by atoms with van der Waals surface area (Å²) in [5.41, 5.74) is 0. The lowest BCUT2D eigenvalue weighted by Crippen LogP contribution is -2.46. The van der Waals surface area contributed by atoms with Crippen LogP contribution in [0.15, 0.2) is 35.0 Å². The van der Waals surface area contributed by atoms with E-state index in [0.717, 1.165) is 25.7 Å². The molecule has 1 atom stereocenters. The minimum Gasteiger partial charge on any atom is -0.459 e. The van der Waals surface area contributed by atoms with Gasteiger partial charge in [0.1, 0.15) is 0 Å². The Balaban J connectivity index is 1.42. The van der Waals surface area contributed by atoms with Gasteiger partial charge >= 0.3 is 0 Å². The van der Waals surface area contributed by atoms with Gasteiger partial charge in [0.25, 0.3) is 5.91 Å². The molecule has 2 aliphatic rings. The van der Waals surface area contributed by atoms with Crippen molar-refractivity contribution >= 4 is 11.8 Å². The maximum atomic E-state index is 12.2. The maximum absolute atomic E-state index is 12.2. The molecule has 1 aliphatic carbocycles. The molecule has 0 aromatic carbocycles. The van der Waals surface area contributed by atoms with Crippen LogP contribution < -0.4 is 5.32 Å². The molecule has 0 saturated carbocycles. The summed E-state index contributed by atoms with van der Waals surface area (Å²) in [5, 5.41) is 3.11. The molecule has 118 valence electrons. The Bertz CT molecular complexity index is 542. The lowest BCUT2D eigenvalue weighted by Gasteiger charge is -2.32. The first-order valence-electron chi connectivity index (χ1n) is 8.01. The molecule has 2 heterocycles. The van der Waals surface area contributed by atoms with Crippen LogP contribution in [-0.4, -0.2) is 35.8 Å². The maximum Gasteiger partial charge on any atom is 0.289 e. The van der Waals surface area contributed by atoms with Crippen molar-refractivity contribution in [3.63, 3.8) is 0 Å². The number of rotatable bonds is 4. The van der Waals surface area contributed by atoms with E-state index in [2.05, 4.69) is 17.5 Å². The number of furan rings is 1. The Morgan fingerprint density at radius 2 is 2.09 bits per heavy atom. The average molecular weight is 302 g/mol. The fraction of sp³-hybridized carbons (Fsp3) is 0.529. The Kier molecular flexibility index (Phi) is 4.61. The topological polar surface area (TPSA) is 62.6 Å². The highest BCUT2D eigenvalue weighted by Gasteiger charge is 2.26. The molecule has 2 amide bonds. The first kappa shape index (κ1) is 14.9. The van der Waals surface area contributed by atoms with Gasteiger partial charge in [0.15, 0.2) is 5.76 Å². The van der Waals surface area contributed by atoms with Gasteiger partial charge < -0.3 is 14.6 Å². The van der Waals surface area contributed by atoms with Crippen molar-refractivity contribution in [3.8, 4) is 0 Å².